The number of nitrogens with zero attached hydrogens (tertiary/aromatic N) is 1. The van der Waals surface area contributed by atoms with Gasteiger partial charge < -0.3 is 14.8 Å². The SMILES string of the molecule is CCOc1cc(/C=C2/NC(=O)N(Cc3cccc(C)c3)C2=O)cc(I)c1OCc1ccccc1. The number of imide groups is 1. The van der Waals surface area contributed by atoms with Gasteiger partial charge in [-0.15, -0.1) is 0 Å². The second kappa shape index (κ2) is 10.7. The van der Waals surface area contributed by atoms with Crippen molar-refractivity contribution in [3.05, 3.63) is 98.3 Å². The smallest absolute Gasteiger partial charge is 0.329 e. The number of aryl methyl sites for hydroxylation is 1. The molecule has 0 bridgehead atoms. The molecule has 0 unspecified atom stereocenters. The van der Waals surface area contributed by atoms with Gasteiger partial charge >= 0.3 is 6.03 Å². The number of carbonyl (C=O) groups is 2. The highest BCUT2D eigenvalue weighted by molar-refractivity contribution is 14.1. The fraction of sp³-hybridized carbons (Fsp3) is 0.185. The summed E-state index contributed by atoms with van der Waals surface area (Å²) in [6.07, 6.45) is 1.67. The van der Waals surface area contributed by atoms with Crippen LogP contribution in [0.2, 0.25) is 0 Å². The lowest BCUT2D eigenvalue weighted by atomic mass is 10.1. The highest BCUT2D eigenvalue weighted by Crippen LogP contribution is 2.35. The van der Waals surface area contributed by atoms with Crippen LogP contribution in [0.25, 0.3) is 6.08 Å². The third-order valence-corrected chi connectivity index (χ3v) is 6.06. The van der Waals surface area contributed by atoms with Crippen LogP contribution in [0.5, 0.6) is 11.5 Å². The van der Waals surface area contributed by atoms with Crippen molar-refractivity contribution in [2.24, 2.45) is 0 Å². The topological polar surface area (TPSA) is 67.9 Å². The lowest BCUT2D eigenvalue weighted by molar-refractivity contribution is -0.123. The van der Waals surface area contributed by atoms with Gasteiger partial charge in [-0.25, -0.2) is 4.79 Å². The average molecular weight is 568 g/mol. The van der Waals surface area contributed by atoms with Gasteiger partial charge in [0.15, 0.2) is 11.5 Å². The Morgan fingerprint density at radius 1 is 0.971 bits per heavy atom. The Hall–Kier alpha value is -3.33. The normalized spacial score (nSPS) is 14.4. The quantitative estimate of drug-likeness (QED) is 0.216. The number of amides is 3. The third-order valence-electron chi connectivity index (χ3n) is 5.25. The first kappa shape index (κ1) is 23.8. The molecule has 7 heteroatoms. The predicted molar refractivity (Wildman–Crippen MR) is 139 cm³/mol. The molecule has 4 rings (SSSR count). The van der Waals surface area contributed by atoms with Crippen LogP contribution in [0.3, 0.4) is 0 Å². The molecule has 0 saturated carbocycles. The Morgan fingerprint density at radius 3 is 2.47 bits per heavy atom. The molecule has 1 saturated heterocycles. The van der Waals surface area contributed by atoms with Gasteiger partial charge in [0.25, 0.3) is 5.91 Å². The van der Waals surface area contributed by atoms with E-state index >= 15 is 0 Å². The second-order valence-corrected chi connectivity index (χ2v) is 9.07. The first-order valence-corrected chi connectivity index (χ1v) is 12.1. The summed E-state index contributed by atoms with van der Waals surface area (Å²) in [4.78, 5) is 26.7. The van der Waals surface area contributed by atoms with Crippen molar-refractivity contribution < 1.29 is 19.1 Å². The van der Waals surface area contributed by atoms with Crippen molar-refractivity contribution in [1.29, 1.82) is 0 Å². The lowest BCUT2D eigenvalue weighted by Gasteiger charge is -2.15. The van der Waals surface area contributed by atoms with Crippen LogP contribution < -0.4 is 14.8 Å². The van der Waals surface area contributed by atoms with E-state index in [1.165, 1.54) is 4.90 Å². The van der Waals surface area contributed by atoms with Crippen molar-refractivity contribution in [1.82, 2.24) is 10.2 Å². The Bertz CT molecular complexity index is 1240. The molecule has 0 aromatic heterocycles. The van der Waals surface area contributed by atoms with Crippen molar-refractivity contribution >= 4 is 40.6 Å². The largest absolute Gasteiger partial charge is 0.490 e. The van der Waals surface area contributed by atoms with Gasteiger partial charge in [0.05, 0.1) is 16.7 Å². The van der Waals surface area contributed by atoms with E-state index in [1.807, 2.05) is 80.6 Å². The molecular formula is C27H25IN2O4. The fourth-order valence-electron chi connectivity index (χ4n) is 3.68. The molecule has 6 nitrogen and oxygen atoms in total. The molecule has 1 aliphatic heterocycles. The molecule has 0 aliphatic carbocycles. The molecule has 3 aromatic carbocycles. The summed E-state index contributed by atoms with van der Waals surface area (Å²) in [5.74, 6) is 0.880. The summed E-state index contributed by atoms with van der Waals surface area (Å²) >= 11 is 2.20. The number of hydrogen-bond acceptors (Lipinski definition) is 4. The van der Waals surface area contributed by atoms with Crippen LogP contribution in [0.15, 0.2) is 72.4 Å². The Kier molecular flexibility index (Phi) is 7.52. The molecule has 1 N–H and O–H groups in total. The van der Waals surface area contributed by atoms with E-state index in [-0.39, 0.29) is 18.1 Å². The first-order valence-electron chi connectivity index (χ1n) is 11.0. The number of halogens is 1. The molecule has 1 fully saturated rings. The highest BCUT2D eigenvalue weighted by atomic mass is 127. The summed E-state index contributed by atoms with van der Waals surface area (Å²) in [6.45, 7) is 4.99. The van der Waals surface area contributed by atoms with Crippen LogP contribution in [0, 0.1) is 10.5 Å². The van der Waals surface area contributed by atoms with Gasteiger partial charge in [-0.1, -0.05) is 60.2 Å². The van der Waals surface area contributed by atoms with Crippen LogP contribution in [0.4, 0.5) is 4.79 Å². The predicted octanol–water partition coefficient (Wildman–Crippen LogP) is 5.67. The minimum Gasteiger partial charge on any atom is -0.490 e. The Labute approximate surface area is 212 Å². The first-order chi connectivity index (χ1) is 16.4. The summed E-state index contributed by atoms with van der Waals surface area (Å²) < 4.78 is 12.7. The maximum Gasteiger partial charge on any atom is 0.329 e. The van der Waals surface area contributed by atoms with Gasteiger partial charge in [-0.2, -0.15) is 0 Å². The Balaban J connectivity index is 1.55. The van der Waals surface area contributed by atoms with E-state index in [0.717, 1.165) is 25.8 Å². The number of benzene rings is 3. The molecule has 0 atom stereocenters. The van der Waals surface area contributed by atoms with Crippen LogP contribution in [0.1, 0.15) is 29.2 Å². The summed E-state index contributed by atoms with van der Waals surface area (Å²) in [6, 6.07) is 21.0. The van der Waals surface area contributed by atoms with Gasteiger partial charge in [-0.3, -0.25) is 9.69 Å². The number of nitrogens with one attached hydrogen (secondary N) is 1. The van der Waals surface area contributed by atoms with E-state index in [2.05, 4.69) is 27.9 Å². The zero-order valence-corrected chi connectivity index (χ0v) is 21.2. The number of urea groups is 1. The monoisotopic (exact) mass is 568 g/mol. The third kappa shape index (κ3) is 5.59. The fourth-order valence-corrected chi connectivity index (χ4v) is 4.46. The van der Waals surface area contributed by atoms with Gasteiger partial charge in [0.1, 0.15) is 12.3 Å². The van der Waals surface area contributed by atoms with Crippen molar-refractivity contribution in [3.63, 3.8) is 0 Å². The number of hydrogen-bond donors (Lipinski definition) is 1. The molecule has 3 aromatic rings. The number of ether oxygens (including phenoxy) is 2. The Morgan fingerprint density at radius 2 is 1.74 bits per heavy atom. The van der Waals surface area contributed by atoms with E-state index in [1.54, 1.807) is 6.08 Å². The van der Waals surface area contributed by atoms with Gasteiger partial charge in [0, 0.05) is 0 Å². The van der Waals surface area contributed by atoms with E-state index in [9.17, 15) is 9.59 Å². The van der Waals surface area contributed by atoms with Gasteiger partial charge in [0.2, 0.25) is 0 Å². The molecule has 1 aliphatic rings. The van der Waals surface area contributed by atoms with Crippen LogP contribution in [-0.2, 0) is 17.9 Å². The maximum absolute atomic E-state index is 12.9. The van der Waals surface area contributed by atoms with E-state index in [4.69, 9.17) is 9.47 Å². The van der Waals surface area contributed by atoms with Crippen molar-refractivity contribution in [2.75, 3.05) is 6.61 Å². The van der Waals surface area contributed by atoms with Crippen molar-refractivity contribution in [2.45, 2.75) is 27.0 Å². The summed E-state index contributed by atoms with van der Waals surface area (Å²) in [5, 5.41) is 2.69. The standard InChI is InChI=1S/C27H25IN2O4/c1-3-33-24-15-21(13-22(28)25(24)34-17-19-9-5-4-6-10-19)14-23-26(31)30(27(32)29-23)16-20-11-7-8-18(2)12-20/h4-15H,3,16-17H2,1-2H3,(H,29,32)/b23-14+. The lowest BCUT2D eigenvalue weighted by Crippen LogP contribution is -2.30. The summed E-state index contributed by atoms with van der Waals surface area (Å²) in [7, 11) is 0. The second-order valence-electron chi connectivity index (χ2n) is 7.91. The van der Waals surface area contributed by atoms with Gasteiger partial charge in [-0.05, 0) is 71.3 Å². The molecule has 1 heterocycles. The zero-order chi connectivity index (χ0) is 24.1. The number of carbonyl (C=O) groups excluding carboxylic acids is 2. The molecule has 3 amide bonds. The van der Waals surface area contributed by atoms with Crippen LogP contribution in [-0.4, -0.2) is 23.4 Å². The molecule has 174 valence electrons. The zero-order valence-electron chi connectivity index (χ0n) is 19.0. The number of rotatable bonds is 8. The molecule has 0 radical (unpaired) electrons. The van der Waals surface area contributed by atoms with Crippen molar-refractivity contribution in [3.8, 4) is 11.5 Å². The average Bonchev–Trinajstić information content (AvgIpc) is 3.07. The highest BCUT2D eigenvalue weighted by Gasteiger charge is 2.33. The minimum absolute atomic E-state index is 0.220. The summed E-state index contributed by atoms with van der Waals surface area (Å²) in [5.41, 5.74) is 4.00. The minimum atomic E-state index is -0.430. The van der Waals surface area contributed by atoms with Crippen LogP contribution >= 0.6 is 22.6 Å². The van der Waals surface area contributed by atoms with E-state index < -0.39 is 6.03 Å². The molecule has 34 heavy (non-hydrogen) atoms. The maximum atomic E-state index is 12.9. The molecule has 0 spiro atoms. The van der Waals surface area contributed by atoms with E-state index in [0.29, 0.717) is 24.7 Å². The molecular weight excluding hydrogens is 543 g/mol.